The number of methoxy groups -OCH3 is 2. The van der Waals surface area contributed by atoms with Gasteiger partial charge in [0.2, 0.25) is 0 Å². The van der Waals surface area contributed by atoms with Gasteiger partial charge in [-0.05, 0) is 124 Å². The van der Waals surface area contributed by atoms with Gasteiger partial charge < -0.3 is 24.8 Å². The fraction of sp³-hybridized carbons (Fsp3) is 0.851. The van der Waals surface area contributed by atoms with Crippen LogP contribution < -0.4 is 11.2 Å². The van der Waals surface area contributed by atoms with Crippen molar-refractivity contribution in [3.05, 3.63) is 17.9 Å². The van der Waals surface area contributed by atoms with Crippen LogP contribution in [0.15, 0.2) is 17.9 Å². The first-order valence-electron chi connectivity index (χ1n) is 22.3. The molecule has 0 aromatic heterocycles. The number of Topliss-reactive ketones (excluding diaryl/α,β-unsaturated/α-hetero) is 1. The number of ether oxygens (including phenoxy) is 3. The van der Waals surface area contributed by atoms with Crippen molar-refractivity contribution in [3.8, 4) is 0 Å². The molecule has 0 aromatic carbocycles. The predicted octanol–water partition coefficient (Wildman–Crippen LogP) is 9.28. The van der Waals surface area contributed by atoms with Crippen LogP contribution in [0.2, 0.25) is 0 Å². The van der Waals surface area contributed by atoms with E-state index in [-0.39, 0.29) is 25.3 Å². The van der Waals surface area contributed by atoms with Crippen LogP contribution in [0, 0.1) is 47.3 Å². The molecule has 12 nitrogen and oxygen atoms in total. The van der Waals surface area contributed by atoms with E-state index >= 15 is 0 Å². The molecule has 0 spiro atoms. The van der Waals surface area contributed by atoms with Crippen LogP contribution in [0.3, 0.4) is 0 Å². The summed E-state index contributed by atoms with van der Waals surface area (Å²) >= 11 is 0. The van der Waals surface area contributed by atoms with Crippen LogP contribution in [0.1, 0.15) is 156 Å². The summed E-state index contributed by atoms with van der Waals surface area (Å²) in [5.74, 6) is 5.36. The Hall–Kier alpha value is -2.60. The molecule has 4 aliphatic rings. The van der Waals surface area contributed by atoms with Gasteiger partial charge >= 0.3 is 17.9 Å². The van der Waals surface area contributed by atoms with E-state index in [0.717, 1.165) is 30.1 Å². The van der Waals surface area contributed by atoms with Crippen molar-refractivity contribution in [2.45, 2.75) is 156 Å². The molecule has 0 aromatic rings. The van der Waals surface area contributed by atoms with Gasteiger partial charge in [0.05, 0.1) is 27.4 Å². The van der Waals surface area contributed by atoms with E-state index in [0.29, 0.717) is 62.1 Å². The summed E-state index contributed by atoms with van der Waals surface area (Å²) in [5.41, 5.74) is 10.4. The second-order valence-electron chi connectivity index (χ2n) is 16.7. The zero-order valence-corrected chi connectivity index (χ0v) is 37.4. The highest BCUT2D eigenvalue weighted by Gasteiger charge is 2.30. The third-order valence-electron chi connectivity index (χ3n) is 12.1. The highest BCUT2D eigenvalue weighted by Crippen LogP contribution is 2.42. The first-order valence-corrected chi connectivity index (χ1v) is 22.3. The van der Waals surface area contributed by atoms with E-state index in [1.807, 2.05) is 0 Å². The molecule has 4 fully saturated rings. The minimum absolute atomic E-state index is 0. The number of allylic oxidation sites excluding steroid dienone is 1. The van der Waals surface area contributed by atoms with Crippen molar-refractivity contribution in [2.24, 2.45) is 53.1 Å². The number of esters is 2. The molecule has 8 unspecified atom stereocenters. The molecule has 0 heterocycles. The van der Waals surface area contributed by atoms with E-state index in [4.69, 9.17) is 14.4 Å². The number of carbonyl (C=O) groups excluding carboxylic acids is 4. The van der Waals surface area contributed by atoms with Crippen LogP contribution in [0.4, 0.5) is 0 Å². The molecular weight excluding hydrogens is 753 g/mol. The quantitative estimate of drug-likeness (QED) is 0.0337. The summed E-state index contributed by atoms with van der Waals surface area (Å²) < 4.78 is 14.5. The number of nitrogens with one attached hydrogen (secondary N) is 1. The van der Waals surface area contributed by atoms with Crippen molar-refractivity contribution in [3.63, 3.8) is 0 Å². The Balaban J connectivity index is 0.00000210. The van der Waals surface area contributed by atoms with Gasteiger partial charge in [-0.1, -0.05) is 65.2 Å². The molecule has 0 amide bonds. The Morgan fingerprint density at radius 2 is 1.10 bits per heavy atom. The minimum Gasteiger partial charge on any atom is -0.469 e. The highest BCUT2D eigenvalue weighted by molar-refractivity contribution is 5.78. The van der Waals surface area contributed by atoms with E-state index in [1.165, 1.54) is 158 Å². The van der Waals surface area contributed by atoms with Gasteiger partial charge in [-0.25, -0.2) is 9.78 Å². The number of rotatable bonds is 18. The van der Waals surface area contributed by atoms with Gasteiger partial charge in [-0.2, -0.15) is 5.48 Å². The number of hydrogen-bond donors (Lipinski definition) is 2. The van der Waals surface area contributed by atoms with Gasteiger partial charge in [0, 0.05) is 47.3 Å². The van der Waals surface area contributed by atoms with Crippen molar-refractivity contribution in [2.75, 3.05) is 55.2 Å². The summed E-state index contributed by atoms with van der Waals surface area (Å²) in [5, 5.41) is 0. The number of nitrogens with two attached hydrogens (primary N) is 1. The smallest absolute Gasteiger partial charge is 0.321 e. The van der Waals surface area contributed by atoms with Crippen molar-refractivity contribution >= 4 is 23.7 Å². The van der Waals surface area contributed by atoms with E-state index in [1.54, 1.807) is 7.11 Å². The van der Waals surface area contributed by atoms with Gasteiger partial charge in [-0.15, -0.1) is 5.73 Å². The van der Waals surface area contributed by atoms with Crippen LogP contribution >= 0.6 is 0 Å². The average Bonchev–Trinajstić information content (AvgIpc) is 3.20. The molecule has 344 valence electrons. The molecule has 4 saturated carbocycles. The molecule has 3 N–H and O–H groups in total. The molecule has 12 heteroatoms. The largest absolute Gasteiger partial charge is 0.469 e. The number of hydrogen-bond acceptors (Lipinski definition) is 12. The van der Waals surface area contributed by atoms with Crippen molar-refractivity contribution in [1.29, 1.82) is 0 Å². The summed E-state index contributed by atoms with van der Waals surface area (Å²) in [6.45, 7) is 3.91. The summed E-state index contributed by atoms with van der Waals surface area (Å²) in [7, 11) is 7.51. The fourth-order valence-electron chi connectivity index (χ4n) is 9.61. The Kier molecular flexibility index (Phi) is 34.5. The fourth-order valence-corrected chi connectivity index (χ4v) is 9.61. The van der Waals surface area contributed by atoms with Crippen LogP contribution in [0.25, 0.3) is 0 Å². The third kappa shape index (κ3) is 28.5. The maximum Gasteiger partial charge on any atom is 0.321 e. The van der Waals surface area contributed by atoms with E-state index < -0.39 is 0 Å². The van der Waals surface area contributed by atoms with Gasteiger partial charge in [0.1, 0.15) is 12.4 Å². The molecular formula is C47H86N2O10. The normalized spacial score (nSPS) is 26.1. The predicted molar refractivity (Wildman–Crippen MR) is 234 cm³/mol. The molecule has 4 rings (SSSR count). The van der Waals surface area contributed by atoms with E-state index in [2.05, 4.69) is 43.6 Å². The standard InChI is InChI=1S/C39H64O6.C3H7NO2.C3H6O2.CH5N.CH4/c1-42-20-21-44-39(41)29-37-17-7-15-35(27-37)25-33-13-5-11-31(23-33)9-3-8-30-10-4-12-32(22-30)24-34-14-6-16-36(26-34)28-38(40)18-19-45-43-2;1-3(5)6-4-2;1-3(4)5-2;1-2;/h8-9,30-37H,4-7,10-29H2,1-2H3;4H,1-2H3;1-2H3;2H2,1H3;1H4. The molecule has 4 aliphatic carbocycles. The third-order valence-corrected chi connectivity index (χ3v) is 12.1. The minimum atomic E-state index is -0.322. The highest BCUT2D eigenvalue weighted by atomic mass is 17.2. The monoisotopic (exact) mass is 839 g/mol. The Labute approximate surface area is 358 Å². The number of hydroxylamine groups is 1. The lowest BCUT2D eigenvalue weighted by Crippen LogP contribution is -2.23. The SMILES string of the molecule is C.CN.CNOC(C)=O.COC(C)=O.COCCOC(=O)CC1CCCC(CC2CCCC(C=C=CC3CCCC(CC4CCCC(CC(=O)CCOOC)C4)C3)C2)C1. The van der Waals surface area contributed by atoms with Gasteiger partial charge in [0.15, 0.2) is 0 Å². The van der Waals surface area contributed by atoms with Crippen molar-refractivity contribution < 1.29 is 48.0 Å². The molecule has 0 aliphatic heterocycles. The zero-order valence-electron chi connectivity index (χ0n) is 37.4. The van der Waals surface area contributed by atoms with Crippen LogP contribution in [-0.4, -0.2) is 78.9 Å². The maximum atomic E-state index is 12.4. The summed E-state index contributed by atoms with van der Waals surface area (Å²) in [6.07, 6.45) is 30.1. The lowest BCUT2D eigenvalue weighted by Gasteiger charge is -2.34. The molecule has 59 heavy (non-hydrogen) atoms. The average molecular weight is 839 g/mol. The lowest BCUT2D eigenvalue weighted by molar-refractivity contribution is -0.271. The zero-order chi connectivity index (χ0) is 43.0. The maximum absolute atomic E-state index is 12.4. The van der Waals surface area contributed by atoms with Gasteiger partial charge in [-0.3, -0.25) is 19.2 Å². The molecule has 0 radical (unpaired) electrons. The number of ketones is 1. The van der Waals surface area contributed by atoms with Crippen LogP contribution in [0.5, 0.6) is 0 Å². The first kappa shape index (κ1) is 56.4. The van der Waals surface area contributed by atoms with Gasteiger partial charge in [0.25, 0.3) is 0 Å². The second kappa shape index (κ2) is 36.1. The Bertz CT molecular complexity index is 1110. The molecule has 0 saturated heterocycles. The van der Waals surface area contributed by atoms with E-state index in [9.17, 15) is 19.2 Å². The topological polar surface area (TPSA) is 162 Å². The molecule has 0 bridgehead atoms. The van der Waals surface area contributed by atoms with Crippen LogP contribution in [-0.2, 0) is 48.0 Å². The molecule has 8 atom stereocenters. The second-order valence-corrected chi connectivity index (χ2v) is 16.7. The lowest BCUT2D eigenvalue weighted by atomic mass is 9.71. The van der Waals surface area contributed by atoms with Crippen molar-refractivity contribution in [1.82, 2.24) is 5.48 Å². The Morgan fingerprint density at radius 3 is 1.53 bits per heavy atom. The summed E-state index contributed by atoms with van der Waals surface area (Å²) in [4.78, 5) is 57.6. The summed E-state index contributed by atoms with van der Waals surface area (Å²) in [6, 6.07) is 0. The number of carbonyl (C=O) groups is 4. The first-order chi connectivity index (χ1) is 28.0. The Morgan fingerprint density at radius 1 is 0.644 bits per heavy atom.